The number of alkyl carbamates (subject to hydrolysis) is 1. The van der Waals surface area contributed by atoms with Crippen LogP contribution >= 0.6 is 0 Å². The Bertz CT molecular complexity index is 1320. The summed E-state index contributed by atoms with van der Waals surface area (Å²) < 4.78 is 6.02. The summed E-state index contributed by atoms with van der Waals surface area (Å²) >= 11 is 0. The minimum absolute atomic E-state index is 0.134. The van der Waals surface area contributed by atoms with Gasteiger partial charge in [-0.15, -0.1) is 0 Å². The number of likely N-dealkylation sites (N-methyl/N-ethyl adjacent to an activating group) is 1. The average molecular weight is 607 g/mol. The summed E-state index contributed by atoms with van der Waals surface area (Å²) in [5.41, 5.74) is 4.06. The van der Waals surface area contributed by atoms with Crippen LogP contribution in [-0.2, 0) is 32.1 Å². The third kappa shape index (κ3) is 8.57. The highest BCUT2D eigenvalue weighted by Gasteiger charge is 2.38. The predicted molar refractivity (Wildman–Crippen MR) is 169 cm³/mol. The number of benzene rings is 2. The van der Waals surface area contributed by atoms with E-state index in [9.17, 15) is 19.2 Å². The Morgan fingerprint density at radius 3 is 2.41 bits per heavy atom. The maximum absolute atomic E-state index is 13.9. The van der Waals surface area contributed by atoms with E-state index in [1.807, 2.05) is 56.3 Å². The smallest absolute Gasteiger partial charge is 0.409 e. The quantitative estimate of drug-likeness (QED) is 0.327. The Morgan fingerprint density at radius 2 is 1.73 bits per heavy atom. The highest BCUT2D eigenvalue weighted by atomic mass is 16.6. The molecule has 4 rings (SSSR count). The molecule has 0 saturated carbocycles. The molecule has 11 nitrogen and oxygen atoms in total. The number of amides is 4. The fourth-order valence-corrected chi connectivity index (χ4v) is 5.76. The Morgan fingerprint density at radius 1 is 1.00 bits per heavy atom. The van der Waals surface area contributed by atoms with Crippen molar-refractivity contribution in [2.75, 3.05) is 32.0 Å². The molecule has 0 bridgehead atoms. The number of hydrogen-bond acceptors (Lipinski definition) is 7. The molecule has 1 aliphatic carbocycles. The van der Waals surface area contributed by atoms with Gasteiger partial charge in [-0.25, -0.2) is 4.79 Å². The number of fused-ring (bicyclic) bond motifs is 1. The molecule has 1 unspecified atom stereocenters. The maximum atomic E-state index is 13.9. The van der Waals surface area contributed by atoms with Gasteiger partial charge in [0.1, 0.15) is 6.04 Å². The SMILES string of the molecule is CN[C@@H](C)C(=O)N[C@H](C(=O)N1CCN(Cc2ccc(NC(C)=O)cc2)C[C@@H]1OC(=O)NC1CCCc2ccccc21)C(C)C. The zero-order valence-corrected chi connectivity index (χ0v) is 26.4. The summed E-state index contributed by atoms with van der Waals surface area (Å²) in [6.07, 6.45) is 1.32. The monoisotopic (exact) mass is 606 g/mol. The van der Waals surface area contributed by atoms with E-state index in [0.29, 0.717) is 31.9 Å². The molecule has 4 amide bonds. The van der Waals surface area contributed by atoms with Crippen LogP contribution in [0.4, 0.5) is 10.5 Å². The lowest BCUT2D eigenvalue weighted by Gasteiger charge is -2.42. The van der Waals surface area contributed by atoms with E-state index >= 15 is 0 Å². The molecular formula is C33H46N6O5. The van der Waals surface area contributed by atoms with E-state index in [1.165, 1.54) is 12.5 Å². The number of nitrogens with one attached hydrogen (secondary N) is 4. The topological polar surface area (TPSA) is 132 Å². The van der Waals surface area contributed by atoms with Crippen LogP contribution in [0.2, 0.25) is 0 Å². The second kappa shape index (κ2) is 15.2. The fourth-order valence-electron chi connectivity index (χ4n) is 5.76. The number of carbonyl (C=O) groups is 4. The van der Waals surface area contributed by atoms with Crippen LogP contribution < -0.4 is 21.3 Å². The minimum atomic E-state index is -0.853. The van der Waals surface area contributed by atoms with Crippen molar-refractivity contribution >= 4 is 29.5 Å². The van der Waals surface area contributed by atoms with Gasteiger partial charge in [0.2, 0.25) is 17.7 Å². The van der Waals surface area contributed by atoms with E-state index in [4.69, 9.17) is 4.74 Å². The molecule has 44 heavy (non-hydrogen) atoms. The van der Waals surface area contributed by atoms with Gasteiger partial charge in [0, 0.05) is 32.2 Å². The number of rotatable bonds is 10. The van der Waals surface area contributed by atoms with E-state index in [-0.39, 0.29) is 29.7 Å². The molecule has 238 valence electrons. The van der Waals surface area contributed by atoms with Gasteiger partial charge in [0.25, 0.3) is 0 Å². The van der Waals surface area contributed by atoms with Crippen LogP contribution in [-0.4, -0.2) is 78.6 Å². The van der Waals surface area contributed by atoms with Crippen molar-refractivity contribution in [3.8, 4) is 0 Å². The van der Waals surface area contributed by atoms with Crippen LogP contribution in [0.15, 0.2) is 48.5 Å². The summed E-state index contributed by atoms with van der Waals surface area (Å²) in [4.78, 5) is 55.1. The lowest BCUT2D eigenvalue weighted by atomic mass is 9.88. The van der Waals surface area contributed by atoms with Gasteiger partial charge >= 0.3 is 6.09 Å². The Hall–Kier alpha value is -3.96. The molecule has 1 aliphatic heterocycles. The molecule has 4 N–H and O–H groups in total. The van der Waals surface area contributed by atoms with Gasteiger partial charge < -0.3 is 30.9 Å². The van der Waals surface area contributed by atoms with E-state index in [1.54, 1.807) is 18.9 Å². The van der Waals surface area contributed by atoms with Gasteiger partial charge in [-0.2, -0.15) is 0 Å². The lowest BCUT2D eigenvalue weighted by molar-refractivity contribution is -0.153. The molecule has 0 radical (unpaired) electrons. The summed E-state index contributed by atoms with van der Waals surface area (Å²) in [7, 11) is 1.69. The van der Waals surface area contributed by atoms with Crippen molar-refractivity contribution in [2.24, 2.45) is 5.92 Å². The number of anilines is 1. The summed E-state index contributed by atoms with van der Waals surface area (Å²) in [5, 5.41) is 11.6. The second-order valence-electron chi connectivity index (χ2n) is 12.0. The van der Waals surface area contributed by atoms with E-state index in [0.717, 1.165) is 30.4 Å². The fraction of sp³-hybridized carbons (Fsp3) is 0.515. The predicted octanol–water partition coefficient (Wildman–Crippen LogP) is 3.17. The third-order valence-electron chi connectivity index (χ3n) is 8.34. The molecule has 11 heteroatoms. The summed E-state index contributed by atoms with van der Waals surface area (Å²) in [6.45, 7) is 8.74. The first-order valence-corrected chi connectivity index (χ1v) is 15.5. The zero-order chi connectivity index (χ0) is 31.8. The van der Waals surface area contributed by atoms with Gasteiger partial charge in [-0.3, -0.25) is 19.3 Å². The second-order valence-corrected chi connectivity index (χ2v) is 12.0. The van der Waals surface area contributed by atoms with Crippen LogP contribution in [0.25, 0.3) is 0 Å². The number of aryl methyl sites for hydroxylation is 1. The molecule has 1 heterocycles. The zero-order valence-electron chi connectivity index (χ0n) is 26.4. The normalized spacial score (nSPS) is 19.8. The van der Waals surface area contributed by atoms with E-state index in [2.05, 4.69) is 32.2 Å². The van der Waals surface area contributed by atoms with Gasteiger partial charge in [-0.1, -0.05) is 50.2 Å². The molecule has 4 atom stereocenters. The highest BCUT2D eigenvalue weighted by molar-refractivity contribution is 5.90. The van der Waals surface area contributed by atoms with Gasteiger partial charge in [0.05, 0.1) is 18.6 Å². The summed E-state index contributed by atoms with van der Waals surface area (Å²) in [6, 6.07) is 14.3. The molecule has 0 aromatic heterocycles. The first-order valence-electron chi connectivity index (χ1n) is 15.5. The molecule has 0 spiro atoms. The number of piperazine rings is 1. The van der Waals surface area contributed by atoms with Crippen molar-refractivity contribution in [1.29, 1.82) is 0 Å². The first kappa shape index (κ1) is 32.9. The largest absolute Gasteiger partial charge is 0.424 e. The van der Waals surface area contributed by atoms with Crippen LogP contribution in [0.5, 0.6) is 0 Å². The molecule has 1 fully saturated rings. The standard InChI is InChI=1S/C33H46N6O5/c1-21(2)30(37-31(41)22(3)34-5)32(42)39-18-17-38(19-24-13-15-26(16-14-24)35-23(4)40)20-29(39)44-33(43)36-28-12-8-10-25-9-6-7-11-27(25)28/h6-7,9,11,13-16,21-22,28-30,34H,8,10,12,17-20H2,1-5H3,(H,35,40)(H,36,43)(H,37,41)/t22-,28?,29-,30-/m0/s1. The Labute approximate surface area is 260 Å². The Balaban J connectivity index is 1.50. The average Bonchev–Trinajstić information content (AvgIpc) is 3.00. The molecule has 2 aromatic rings. The van der Waals surface area contributed by atoms with Crippen molar-refractivity contribution in [1.82, 2.24) is 25.8 Å². The van der Waals surface area contributed by atoms with Gasteiger partial charge in [0.15, 0.2) is 6.23 Å². The van der Waals surface area contributed by atoms with Gasteiger partial charge in [-0.05, 0) is 68.0 Å². The number of ether oxygens (including phenoxy) is 1. The third-order valence-corrected chi connectivity index (χ3v) is 8.34. The number of carbonyl (C=O) groups excluding carboxylic acids is 4. The van der Waals surface area contributed by atoms with Crippen LogP contribution in [0.3, 0.4) is 0 Å². The number of hydrogen-bond donors (Lipinski definition) is 4. The van der Waals surface area contributed by atoms with Crippen LogP contribution in [0, 0.1) is 5.92 Å². The van der Waals surface area contributed by atoms with Crippen molar-refractivity contribution in [3.05, 3.63) is 65.2 Å². The lowest BCUT2D eigenvalue weighted by Crippen LogP contribution is -2.62. The highest BCUT2D eigenvalue weighted by Crippen LogP contribution is 2.29. The molecule has 2 aromatic carbocycles. The molecule has 1 saturated heterocycles. The molecule has 2 aliphatic rings. The van der Waals surface area contributed by atoms with Crippen molar-refractivity contribution < 1.29 is 23.9 Å². The molecular weight excluding hydrogens is 560 g/mol. The van der Waals surface area contributed by atoms with Crippen molar-refractivity contribution in [2.45, 2.75) is 77.9 Å². The minimum Gasteiger partial charge on any atom is -0.424 e. The summed E-state index contributed by atoms with van der Waals surface area (Å²) in [5.74, 6) is -0.863. The van der Waals surface area contributed by atoms with Crippen LogP contribution in [0.1, 0.15) is 63.3 Å². The number of nitrogens with zero attached hydrogens (tertiary/aromatic N) is 2. The maximum Gasteiger partial charge on any atom is 0.409 e. The first-order chi connectivity index (χ1) is 21.0. The van der Waals surface area contributed by atoms with E-state index < -0.39 is 24.4 Å². The van der Waals surface area contributed by atoms with Crippen molar-refractivity contribution in [3.63, 3.8) is 0 Å². The Kier molecular flexibility index (Phi) is 11.4.